The molecule has 0 bridgehead atoms. The number of hydrogen-bond donors (Lipinski definition) is 1. The molecule has 4 amide bonds. The van der Waals surface area contributed by atoms with Gasteiger partial charge in [-0.25, -0.2) is 4.85 Å². The molecule has 0 aromatic heterocycles. The minimum atomic E-state index is -0.618. The first kappa shape index (κ1) is 35.7. The highest BCUT2D eigenvalue weighted by Crippen LogP contribution is 2.32. The fourth-order valence-corrected chi connectivity index (χ4v) is 8.44. The predicted molar refractivity (Wildman–Crippen MR) is 203 cm³/mol. The highest BCUT2D eigenvalue weighted by molar-refractivity contribution is 6.33. The number of rotatable bonds is 6. The number of anilines is 1. The smallest absolute Gasteiger partial charge is 0.255 e. The van der Waals surface area contributed by atoms with Crippen molar-refractivity contribution in [3.63, 3.8) is 0 Å². The summed E-state index contributed by atoms with van der Waals surface area (Å²) >= 11 is 6.16. The van der Waals surface area contributed by atoms with E-state index >= 15 is 0 Å². The molecular formula is C42H41ClN6O5. The minimum absolute atomic E-state index is 0.00391. The number of benzene rings is 3. The zero-order chi connectivity index (χ0) is 37.3. The lowest BCUT2D eigenvalue weighted by Gasteiger charge is -2.46. The molecular weight excluding hydrogens is 704 g/mol. The number of likely N-dealkylation sites (tertiary alicyclic amines) is 2. The Bertz CT molecular complexity index is 2080. The quantitative estimate of drug-likeness (QED) is 0.208. The summed E-state index contributed by atoms with van der Waals surface area (Å²) in [5.74, 6) is 6.80. The van der Waals surface area contributed by atoms with Gasteiger partial charge < -0.3 is 19.4 Å². The molecule has 276 valence electrons. The number of carbonyl (C=O) groups excluding carboxylic acids is 4. The summed E-state index contributed by atoms with van der Waals surface area (Å²) in [6.07, 6.45) is 4.20. The van der Waals surface area contributed by atoms with Crippen LogP contribution in [0.25, 0.3) is 4.85 Å². The van der Waals surface area contributed by atoms with Crippen LogP contribution in [0, 0.1) is 24.3 Å². The Hall–Kier alpha value is -5.36. The van der Waals surface area contributed by atoms with E-state index in [1.165, 1.54) is 0 Å². The Morgan fingerprint density at radius 2 is 1.67 bits per heavy atom. The number of nitrogens with zero attached hydrogens (tertiary/aromatic N) is 5. The molecule has 5 aliphatic rings. The number of halogens is 1. The van der Waals surface area contributed by atoms with Crippen LogP contribution in [0.3, 0.4) is 0 Å². The van der Waals surface area contributed by atoms with Gasteiger partial charge in [-0.1, -0.05) is 35.6 Å². The lowest BCUT2D eigenvalue weighted by Crippen LogP contribution is -2.54. The molecule has 4 fully saturated rings. The highest BCUT2D eigenvalue weighted by atomic mass is 35.5. The number of hydrogen-bond acceptors (Lipinski definition) is 7. The normalized spacial score (nSPS) is 21.1. The third-order valence-corrected chi connectivity index (χ3v) is 11.7. The number of imide groups is 1. The second-order valence-corrected chi connectivity index (χ2v) is 15.2. The second kappa shape index (κ2) is 15.2. The van der Waals surface area contributed by atoms with Gasteiger partial charge in [-0.05, 0) is 73.4 Å². The summed E-state index contributed by atoms with van der Waals surface area (Å²) in [5, 5.41) is 2.73. The topological polar surface area (TPSA) is 107 Å². The molecule has 12 heteroatoms. The van der Waals surface area contributed by atoms with Crippen LogP contribution in [0.2, 0.25) is 5.02 Å². The van der Waals surface area contributed by atoms with Crippen molar-refractivity contribution in [3.8, 4) is 17.6 Å². The van der Waals surface area contributed by atoms with Gasteiger partial charge in [0.05, 0.1) is 11.6 Å². The van der Waals surface area contributed by atoms with E-state index in [4.69, 9.17) is 22.9 Å². The van der Waals surface area contributed by atoms with Gasteiger partial charge in [0.25, 0.3) is 11.8 Å². The van der Waals surface area contributed by atoms with Crippen molar-refractivity contribution in [2.75, 3.05) is 44.2 Å². The molecule has 0 aliphatic carbocycles. The van der Waals surface area contributed by atoms with Crippen molar-refractivity contribution >= 4 is 46.6 Å². The third-order valence-electron chi connectivity index (χ3n) is 11.4. The van der Waals surface area contributed by atoms with Gasteiger partial charge in [0.2, 0.25) is 17.5 Å². The van der Waals surface area contributed by atoms with Crippen LogP contribution in [0.5, 0.6) is 5.75 Å². The maximum absolute atomic E-state index is 13.3. The van der Waals surface area contributed by atoms with Crippen molar-refractivity contribution in [1.82, 2.24) is 20.0 Å². The Morgan fingerprint density at radius 1 is 0.907 bits per heavy atom. The molecule has 1 N–H and O–H groups in total. The van der Waals surface area contributed by atoms with E-state index < -0.39 is 11.9 Å². The van der Waals surface area contributed by atoms with Crippen LogP contribution in [-0.2, 0) is 16.1 Å². The van der Waals surface area contributed by atoms with E-state index in [2.05, 4.69) is 43.9 Å². The standard InChI is InChI=1S/C42H41ClN6O5/c1-44-37-11-10-34(23-36(37)43)54-33-16-20-47(21-17-33)41(52)29-6-8-31(9-7-29)46-18-14-32(15-19-46)48-24-28(25-48)3-2-27-4-5-30-26-49(42(53)35(30)22-27)38-12-13-39(50)45-40(38)51/h4-11,22-23,28,32-33,38H,12-21,24-26H2,(H,45,50,51). The molecule has 5 aliphatic heterocycles. The molecule has 1 unspecified atom stereocenters. The number of ether oxygens (including phenoxy) is 1. The van der Waals surface area contributed by atoms with Gasteiger partial charge in [-0.3, -0.25) is 29.4 Å². The van der Waals surface area contributed by atoms with Gasteiger partial charge >= 0.3 is 0 Å². The summed E-state index contributed by atoms with van der Waals surface area (Å²) in [6.45, 7) is 12.6. The van der Waals surface area contributed by atoms with Crippen molar-refractivity contribution in [3.05, 3.63) is 99.4 Å². The zero-order valence-electron chi connectivity index (χ0n) is 29.9. The fourth-order valence-electron chi connectivity index (χ4n) is 8.23. The summed E-state index contributed by atoms with van der Waals surface area (Å²) in [4.78, 5) is 62.1. The fraction of sp³-hybridized carbons (Fsp3) is 0.405. The van der Waals surface area contributed by atoms with Crippen LogP contribution >= 0.6 is 11.6 Å². The third kappa shape index (κ3) is 7.39. The Balaban J connectivity index is 0.767. The van der Waals surface area contributed by atoms with Gasteiger partial charge in [0.1, 0.15) is 17.9 Å². The van der Waals surface area contributed by atoms with E-state index in [-0.39, 0.29) is 36.2 Å². The molecule has 0 radical (unpaired) electrons. The van der Waals surface area contributed by atoms with Crippen molar-refractivity contribution in [1.29, 1.82) is 0 Å². The number of nitrogens with one attached hydrogen (secondary N) is 1. The summed E-state index contributed by atoms with van der Waals surface area (Å²) in [5.41, 5.74) is 4.51. The van der Waals surface area contributed by atoms with Crippen LogP contribution in [0.15, 0.2) is 60.7 Å². The van der Waals surface area contributed by atoms with Gasteiger partial charge in [-0.2, -0.15) is 0 Å². The van der Waals surface area contributed by atoms with Crippen molar-refractivity contribution in [2.45, 2.75) is 63.3 Å². The van der Waals surface area contributed by atoms with Gasteiger partial charge in [-0.15, -0.1) is 0 Å². The van der Waals surface area contributed by atoms with Gasteiger partial charge in [0, 0.05) is 99.4 Å². The lowest BCUT2D eigenvalue weighted by molar-refractivity contribution is -0.136. The van der Waals surface area contributed by atoms with Crippen LogP contribution in [0.4, 0.5) is 11.4 Å². The monoisotopic (exact) mass is 744 g/mol. The maximum atomic E-state index is 13.3. The Kier molecular flexibility index (Phi) is 10.0. The lowest BCUT2D eigenvalue weighted by atomic mass is 9.93. The van der Waals surface area contributed by atoms with E-state index in [0.717, 1.165) is 68.7 Å². The summed E-state index contributed by atoms with van der Waals surface area (Å²) in [6, 6.07) is 18.7. The molecule has 54 heavy (non-hydrogen) atoms. The van der Waals surface area contributed by atoms with Gasteiger partial charge in [0.15, 0.2) is 0 Å². The molecule has 3 aromatic carbocycles. The number of piperidine rings is 3. The van der Waals surface area contributed by atoms with Crippen LogP contribution in [-0.4, -0.2) is 95.8 Å². The average Bonchev–Trinajstić information content (AvgIpc) is 3.49. The Labute approximate surface area is 320 Å². The SMILES string of the molecule is [C-]#[N+]c1ccc(OC2CCN(C(=O)c3ccc(N4CCC(N5CC(C#Cc6ccc7c(c6)C(=O)N(C6CCC(=O)NC6=O)C7)C5)CC4)cc3)CC2)cc1Cl. The molecule has 0 spiro atoms. The predicted octanol–water partition coefficient (Wildman–Crippen LogP) is 5.29. The summed E-state index contributed by atoms with van der Waals surface area (Å²) < 4.78 is 6.09. The molecule has 4 saturated heterocycles. The van der Waals surface area contributed by atoms with Crippen LogP contribution < -0.4 is 15.0 Å². The first-order valence-corrected chi connectivity index (χ1v) is 19.1. The van der Waals surface area contributed by atoms with E-state index in [1.54, 1.807) is 23.1 Å². The number of carbonyl (C=O) groups is 4. The van der Waals surface area contributed by atoms with E-state index in [0.29, 0.717) is 59.7 Å². The number of fused-ring (bicyclic) bond motifs is 1. The first-order chi connectivity index (χ1) is 26.2. The van der Waals surface area contributed by atoms with E-state index in [1.807, 2.05) is 35.2 Å². The molecule has 8 rings (SSSR count). The molecule has 1 atom stereocenters. The molecule has 0 saturated carbocycles. The molecule has 11 nitrogen and oxygen atoms in total. The molecule has 5 heterocycles. The average molecular weight is 745 g/mol. The van der Waals surface area contributed by atoms with Crippen LogP contribution in [0.1, 0.15) is 70.4 Å². The first-order valence-electron chi connectivity index (χ1n) is 18.7. The number of amides is 4. The second-order valence-electron chi connectivity index (χ2n) is 14.8. The maximum Gasteiger partial charge on any atom is 0.255 e. The minimum Gasteiger partial charge on any atom is -0.490 e. The molecule has 3 aromatic rings. The zero-order valence-corrected chi connectivity index (χ0v) is 30.7. The highest BCUT2D eigenvalue weighted by Gasteiger charge is 2.39. The Morgan fingerprint density at radius 3 is 2.37 bits per heavy atom. The van der Waals surface area contributed by atoms with Crippen molar-refractivity contribution in [2.24, 2.45) is 5.92 Å². The van der Waals surface area contributed by atoms with E-state index in [9.17, 15) is 19.2 Å². The largest absolute Gasteiger partial charge is 0.490 e. The van der Waals surface area contributed by atoms with Crippen molar-refractivity contribution < 1.29 is 23.9 Å². The summed E-state index contributed by atoms with van der Waals surface area (Å²) in [7, 11) is 0.